The smallest absolute Gasteiger partial charge is 0 e. The Morgan fingerprint density at radius 2 is 0.600 bits per heavy atom. The first kappa shape index (κ1) is 64.9. The van der Waals surface area contributed by atoms with E-state index in [0.29, 0.717) is 0 Å². The molecule has 0 radical (unpaired) electrons. The van der Waals surface area contributed by atoms with Crippen LogP contribution in [-0.4, -0.2) is 0 Å². The van der Waals surface area contributed by atoms with Gasteiger partial charge in [0.15, 0.2) is 0 Å². The minimum atomic E-state index is 0. The van der Waals surface area contributed by atoms with E-state index in [1.807, 2.05) is 0 Å². The van der Waals surface area contributed by atoms with Crippen LogP contribution in [0.25, 0.3) is 0 Å². The normalized spacial score (nSPS) is 0. The van der Waals surface area contributed by atoms with E-state index >= 15 is 0 Å². The van der Waals surface area contributed by atoms with Crippen molar-refractivity contribution in [1.29, 1.82) is 0 Å². The van der Waals surface area contributed by atoms with E-state index < -0.39 is 0 Å². The molecule has 0 fully saturated rings. The van der Waals surface area contributed by atoms with E-state index in [4.69, 9.17) is 0 Å². The van der Waals surface area contributed by atoms with Gasteiger partial charge in [-0.1, -0.05) is 0 Å². The van der Waals surface area contributed by atoms with Crippen molar-refractivity contribution in [3.63, 3.8) is 0 Å². The van der Waals surface area contributed by atoms with Gasteiger partial charge in [-0.25, -0.2) is 0 Å². The maximum absolute atomic E-state index is 0. The molecule has 0 aromatic heterocycles. The first-order valence-corrected chi connectivity index (χ1v) is 0. The zero-order valence-corrected chi connectivity index (χ0v) is 7.28. The van der Waals surface area contributed by atoms with Crippen molar-refractivity contribution in [3.05, 3.63) is 0 Å². The summed E-state index contributed by atoms with van der Waals surface area (Å²) in [6, 6.07) is 0. The summed E-state index contributed by atoms with van der Waals surface area (Å²) >= 11 is 0. The predicted octanol–water partition coefficient (Wildman–Crippen LogP) is -0.359. The monoisotopic (exact) mass is 286 g/mol. The Labute approximate surface area is 78.1 Å². The summed E-state index contributed by atoms with van der Waals surface area (Å²) < 4.78 is 0. The van der Waals surface area contributed by atoms with Crippen LogP contribution >= 0.6 is 0 Å². The molecule has 0 atom stereocenters. The Morgan fingerprint density at radius 3 is 0.600 bits per heavy atom. The molecule has 0 aliphatic rings. The van der Waals surface area contributed by atoms with Gasteiger partial charge in [0.05, 0.1) is 0 Å². The zero-order chi connectivity index (χ0) is 0. The molecule has 0 saturated heterocycles. The van der Waals surface area contributed by atoms with Crippen LogP contribution in [-0.2, 0) is 37.5 Å². The van der Waals surface area contributed by atoms with Crippen molar-refractivity contribution in [2.24, 2.45) is 0 Å². The minimum absolute atomic E-state index is 0. The van der Waals surface area contributed by atoms with E-state index in [-0.39, 0.29) is 79.2 Å². The van der Waals surface area contributed by atoms with E-state index in [9.17, 15) is 0 Å². The number of rotatable bonds is 0. The van der Waals surface area contributed by atoms with Crippen LogP contribution in [0.3, 0.4) is 0 Å². The average molecular weight is 284 g/mol. The predicted molar refractivity (Wildman–Crippen MR) is 2.06 cm³/mol. The summed E-state index contributed by atoms with van der Waals surface area (Å²) in [7, 11) is 0. The fourth-order valence-electron chi connectivity index (χ4n) is 0. The van der Waals surface area contributed by atoms with Gasteiger partial charge in [-0.05, 0) is 0 Å². The Hall–Kier alpha value is 1.94. The van der Waals surface area contributed by atoms with Crippen LogP contribution in [0.15, 0.2) is 0 Å². The summed E-state index contributed by atoms with van der Waals surface area (Å²) in [5.41, 5.74) is 0. The summed E-state index contributed by atoms with van der Waals surface area (Å²) in [5.74, 6) is 0. The first-order chi connectivity index (χ1) is 0. The fraction of sp³-hybridized carbons (Fsp3) is 0. The van der Waals surface area contributed by atoms with Gasteiger partial charge in [-0.2, -0.15) is 0 Å². The molecule has 0 aliphatic carbocycles. The molecule has 0 amide bonds. The van der Waals surface area contributed by atoms with Crippen LogP contribution in [0.5, 0.6) is 0 Å². The molecule has 5 heavy (non-hydrogen) atoms. The Balaban J connectivity index is 0. The molecule has 0 aliphatic heterocycles. The van der Waals surface area contributed by atoms with Gasteiger partial charge in [-0.15, -0.1) is 0 Å². The van der Waals surface area contributed by atoms with Gasteiger partial charge < -0.3 is 16.4 Å². The van der Waals surface area contributed by atoms with Gasteiger partial charge in [0.1, 0.15) is 0 Å². The topological polar surface area (TPSA) is 85.5 Å². The summed E-state index contributed by atoms with van der Waals surface area (Å²) in [6.07, 6.45) is 0. The van der Waals surface area contributed by atoms with E-state index in [2.05, 4.69) is 0 Å². The zero-order valence-electron chi connectivity index (χ0n) is 2.13. The molecular formula is CeMoO3-6. The van der Waals surface area contributed by atoms with Crippen LogP contribution in [0.4, 0.5) is 0 Å². The van der Waals surface area contributed by atoms with Crippen molar-refractivity contribution in [1.82, 2.24) is 0 Å². The van der Waals surface area contributed by atoms with E-state index in [1.54, 1.807) is 0 Å². The molecule has 0 bridgehead atoms. The molecule has 0 spiro atoms. The second-order valence-electron chi connectivity index (χ2n) is 0. The molecule has 0 saturated carbocycles. The molecule has 0 unspecified atom stereocenters. The average Bonchev–Trinajstić information content (AvgIpc) is 0. The van der Waals surface area contributed by atoms with E-state index in [1.165, 1.54) is 0 Å². The van der Waals surface area contributed by atoms with Gasteiger partial charge in [0, 0.05) is 62.8 Å². The van der Waals surface area contributed by atoms with Gasteiger partial charge in [-0.3, -0.25) is 0 Å². The van der Waals surface area contributed by atoms with Crippen molar-refractivity contribution >= 4 is 0 Å². The third-order valence-corrected chi connectivity index (χ3v) is 0. The van der Waals surface area contributed by atoms with Crippen LogP contribution in [0.2, 0.25) is 0 Å². The first-order valence-electron chi connectivity index (χ1n) is 0. The third-order valence-electron chi connectivity index (χ3n) is 0. The van der Waals surface area contributed by atoms with Crippen molar-refractivity contribution in [2.45, 2.75) is 0 Å². The van der Waals surface area contributed by atoms with Crippen LogP contribution < -0.4 is 0 Å². The molecule has 0 N–H and O–H groups in total. The van der Waals surface area contributed by atoms with Crippen LogP contribution in [0.1, 0.15) is 0 Å². The molecule has 3 nitrogen and oxygen atoms in total. The molecule has 0 heterocycles. The molecule has 0 rings (SSSR count). The fourth-order valence-corrected chi connectivity index (χ4v) is 0. The maximum atomic E-state index is 0. The van der Waals surface area contributed by atoms with Crippen LogP contribution in [0, 0.1) is 41.7 Å². The molecule has 0 aromatic carbocycles. The summed E-state index contributed by atoms with van der Waals surface area (Å²) in [5, 5.41) is 0. The van der Waals surface area contributed by atoms with Gasteiger partial charge in [0.25, 0.3) is 0 Å². The van der Waals surface area contributed by atoms with Gasteiger partial charge >= 0.3 is 0 Å². The maximum Gasteiger partial charge on any atom is 0 e. The number of hydrogen-bond acceptors (Lipinski definition) is 0. The number of hydrogen-bond donors (Lipinski definition) is 0. The van der Waals surface area contributed by atoms with Crippen molar-refractivity contribution in [2.75, 3.05) is 0 Å². The second kappa shape index (κ2) is 38.4. The standard InChI is InChI=1S/Ce.Mo.3O/q;;3*-2. The van der Waals surface area contributed by atoms with Crippen molar-refractivity contribution in [3.8, 4) is 0 Å². The molecule has 34 valence electrons. The molecule has 5 heteroatoms. The molecular weight excluding hydrogens is 284 g/mol. The Bertz CT molecular complexity index is 6.85. The third kappa shape index (κ3) is 24.5. The SMILES string of the molecule is [Ce].[Mo].[O-2].[O-2].[O-2]. The molecule has 0 aromatic rings. The Morgan fingerprint density at radius 1 is 0.600 bits per heavy atom. The summed E-state index contributed by atoms with van der Waals surface area (Å²) in [4.78, 5) is 0. The van der Waals surface area contributed by atoms with Crippen molar-refractivity contribution < 1.29 is 79.2 Å². The Kier molecular flexibility index (Phi) is 499. The largest absolute Gasteiger partial charge is 2.00 e. The quantitative estimate of drug-likeness (QED) is 0.544. The second-order valence-corrected chi connectivity index (χ2v) is 0. The van der Waals surface area contributed by atoms with Gasteiger partial charge in [0.2, 0.25) is 0 Å². The minimum Gasteiger partial charge on any atom is -2.00 e. The summed E-state index contributed by atoms with van der Waals surface area (Å²) in [6.45, 7) is 0. The van der Waals surface area contributed by atoms with E-state index in [0.717, 1.165) is 0 Å².